The molecule has 0 aliphatic carbocycles. The maximum absolute atomic E-state index is 12.5. The summed E-state index contributed by atoms with van der Waals surface area (Å²) in [6.07, 6.45) is 0.582. The molecule has 4 N–H and O–H groups in total. The number of nitrogens with one attached hydrogen (secondary N) is 2. The van der Waals surface area contributed by atoms with E-state index in [0.29, 0.717) is 6.42 Å². The summed E-state index contributed by atoms with van der Waals surface area (Å²) in [5, 5.41) is 27.5. The highest BCUT2D eigenvalue weighted by molar-refractivity contribution is 5.90. The summed E-state index contributed by atoms with van der Waals surface area (Å²) < 4.78 is 5.03. The molecular formula is C23H26N4O5. The van der Waals surface area contributed by atoms with Gasteiger partial charge in [0.05, 0.1) is 19.1 Å². The summed E-state index contributed by atoms with van der Waals surface area (Å²) in [6, 6.07) is 16.8. The first-order valence-electron chi connectivity index (χ1n) is 10.3. The molecule has 0 bridgehead atoms. The van der Waals surface area contributed by atoms with E-state index in [0.717, 1.165) is 16.7 Å². The van der Waals surface area contributed by atoms with Gasteiger partial charge in [-0.2, -0.15) is 4.98 Å². The Morgan fingerprint density at radius 1 is 1.09 bits per heavy atom. The van der Waals surface area contributed by atoms with Gasteiger partial charge >= 0.3 is 12.0 Å². The lowest BCUT2D eigenvalue weighted by atomic mass is 9.94. The van der Waals surface area contributed by atoms with Gasteiger partial charge in [0.1, 0.15) is 0 Å². The third-order valence-electron chi connectivity index (χ3n) is 4.98. The molecule has 9 nitrogen and oxygen atoms in total. The van der Waals surface area contributed by atoms with Gasteiger partial charge in [-0.3, -0.25) is 14.7 Å². The SMILES string of the molecule is CCOC(=O)C(CO)CC(Cc1ccc(-c2ccccc2)cc1)NC(=O)c1nc(O)n[nH]1. The number of nitrogens with zero attached hydrogens (tertiary/aromatic N) is 2. The van der Waals surface area contributed by atoms with Crippen molar-refractivity contribution in [2.45, 2.75) is 25.8 Å². The Kier molecular flexibility index (Phi) is 7.93. The van der Waals surface area contributed by atoms with Crippen LogP contribution in [0.3, 0.4) is 0 Å². The fraction of sp³-hybridized carbons (Fsp3) is 0.304. The molecule has 1 heterocycles. The van der Waals surface area contributed by atoms with Crippen molar-refractivity contribution in [2.24, 2.45) is 5.92 Å². The van der Waals surface area contributed by atoms with Gasteiger partial charge < -0.3 is 20.3 Å². The molecule has 1 aromatic heterocycles. The minimum atomic E-state index is -0.785. The molecule has 2 aromatic carbocycles. The first-order valence-corrected chi connectivity index (χ1v) is 10.3. The van der Waals surface area contributed by atoms with Gasteiger partial charge in [-0.05, 0) is 36.5 Å². The Bertz CT molecular complexity index is 1020. The lowest BCUT2D eigenvalue weighted by Crippen LogP contribution is -2.40. The molecule has 0 spiro atoms. The first kappa shape index (κ1) is 23.0. The van der Waals surface area contributed by atoms with Gasteiger partial charge in [-0.25, -0.2) is 0 Å². The highest BCUT2D eigenvalue weighted by atomic mass is 16.5. The first-order chi connectivity index (χ1) is 15.5. The molecule has 0 fully saturated rings. The third-order valence-corrected chi connectivity index (χ3v) is 4.98. The summed E-state index contributed by atoms with van der Waals surface area (Å²) in [6.45, 7) is 1.49. The Hall–Kier alpha value is -3.72. The van der Waals surface area contributed by atoms with Gasteiger partial charge in [-0.15, -0.1) is 5.10 Å². The number of H-pyrrole nitrogens is 1. The van der Waals surface area contributed by atoms with E-state index in [4.69, 9.17) is 4.74 Å². The lowest BCUT2D eigenvalue weighted by molar-refractivity contribution is -0.149. The highest BCUT2D eigenvalue weighted by Crippen LogP contribution is 2.21. The molecule has 0 radical (unpaired) electrons. The Balaban J connectivity index is 1.76. The molecular weight excluding hydrogens is 412 g/mol. The third kappa shape index (κ3) is 6.14. The molecule has 2 unspecified atom stereocenters. The van der Waals surface area contributed by atoms with Crippen molar-refractivity contribution in [3.05, 3.63) is 66.0 Å². The van der Waals surface area contributed by atoms with Gasteiger partial charge in [0.25, 0.3) is 5.91 Å². The maximum atomic E-state index is 12.5. The number of aromatic nitrogens is 3. The van der Waals surface area contributed by atoms with Crippen molar-refractivity contribution in [1.82, 2.24) is 20.5 Å². The molecule has 3 rings (SSSR count). The normalized spacial score (nSPS) is 12.7. The van der Waals surface area contributed by atoms with Gasteiger partial charge in [-0.1, -0.05) is 54.6 Å². The minimum Gasteiger partial charge on any atom is -0.478 e. The van der Waals surface area contributed by atoms with Crippen LogP contribution in [-0.4, -0.2) is 56.5 Å². The number of esters is 1. The quantitative estimate of drug-likeness (QED) is 0.356. The number of carbonyl (C=O) groups is 2. The topological polar surface area (TPSA) is 137 Å². The molecule has 0 aliphatic rings. The average molecular weight is 438 g/mol. The molecule has 0 saturated heterocycles. The fourth-order valence-electron chi connectivity index (χ4n) is 3.40. The predicted molar refractivity (Wildman–Crippen MR) is 117 cm³/mol. The van der Waals surface area contributed by atoms with E-state index in [-0.39, 0.29) is 18.9 Å². The van der Waals surface area contributed by atoms with Gasteiger partial charge in [0.2, 0.25) is 5.82 Å². The zero-order valence-electron chi connectivity index (χ0n) is 17.7. The summed E-state index contributed by atoms with van der Waals surface area (Å²) >= 11 is 0. The van der Waals surface area contributed by atoms with E-state index < -0.39 is 36.5 Å². The van der Waals surface area contributed by atoms with Crippen molar-refractivity contribution >= 4 is 11.9 Å². The molecule has 32 heavy (non-hydrogen) atoms. The van der Waals surface area contributed by atoms with Crippen LogP contribution >= 0.6 is 0 Å². The van der Waals surface area contributed by atoms with Crippen LogP contribution in [0.4, 0.5) is 0 Å². The van der Waals surface area contributed by atoms with E-state index >= 15 is 0 Å². The average Bonchev–Trinajstić information content (AvgIpc) is 3.25. The Morgan fingerprint density at radius 2 is 1.78 bits per heavy atom. The minimum absolute atomic E-state index is 0.149. The number of ether oxygens (including phenoxy) is 1. The number of carbonyl (C=O) groups excluding carboxylic acids is 2. The summed E-state index contributed by atoms with van der Waals surface area (Å²) in [4.78, 5) is 28.3. The number of aliphatic hydroxyl groups excluding tert-OH is 1. The number of aliphatic hydroxyl groups is 1. The van der Waals surface area contributed by atoms with Crippen LogP contribution in [0.5, 0.6) is 6.01 Å². The van der Waals surface area contributed by atoms with E-state index in [9.17, 15) is 19.8 Å². The van der Waals surface area contributed by atoms with Crippen molar-refractivity contribution in [2.75, 3.05) is 13.2 Å². The van der Waals surface area contributed by atoms with Crippen LogP contribution in [0.1, 0.15) is 29.5 Å². The van der Waals surface area contributed by atoms with E-state index in [1.165, 1.54) is 0 Å². The van der Waals surface area contributed by atoms with Gasteiger partial charge in [0.15, 0.2) is 0 Å². The standard InChI is InChI=1S/C23H26N4O5/c1-2-32-22(30)18(14-28)13-19(24-21(29)20-25-23(31)27-26-20)12-15-8-10-17(11-9-15)16-6-4-3-5-7-16/h3-11,18-19,28H,2,12-14H2,1H3,(H,24,29)(H2,25,26,27,31). The zero-order valence-corrected chi connectivity index (χ0v) is 17.7. The zero-order chi connectivity index (χ0) is 22.9. The largest absolute Gasteiger partial charge is 0.478 e. The van der Waals surface area contributed by atoms with Crippen molar-refractivity contribution in [3.8, 4) is 17.1 Å². The molecule has 2 atom stereocenters. The number of benzene rings is 2. The maximum Gasteiger partial charge on any atom is 0.333 e. The van der Waals surface area contributed by atoms with Crippen LogP contribution in [0.15, 0.2) is 54.6 Å². The van der Waals surface area contributed by atoms with Crippen molar-refractivity contribution < 1.29 is 24.5 Å². The van der Waals surface area contributed by atoms with Crippen molar-refractivity contribution in [1.29, 1.82) is 0 Å². The summed E-state index contributed by atoms with van der Waals surface area (Å²) in [7, 11) is 0. The number of aromatic hydroxyl groups is 1. The molecule has 0 aliphatic heterocycles. The molecule has 0 saturated carbocycles. The number of hydrogen-bond donors (Lipinski definition) is 4. The highest BCUT2D eigenvalue weighted by Gasteiger charge is 2.26. The molecule has 9 heteroatoms. The molecule has 1 amide bonds. The van der Waals surface area contributed by atoms with Crippen LogP contribution < -0.4 is 5.32 Å². The monoisotopic (exact) mass is 438 g/mol. The van der Waals surface area contributed by atoms with Crippen LogP contribution in [0, 0.1) is 5.92 Å². The Labute approximate surface area is 185 Å². The summed E-state index contributed by atoms with van der Waals surface area (Å²) in [5.74, 6) is -2.04. The van der Waals surface area contributed by atoms with E-state index in [1.54, 1.807) is 6.92 Å². The number of aromatic amines is 1. The number of amides is 1. The van der Waals surface area contributed by atoms with Crippen LogP contribution in [0.2, 0.25) is 0 Å². The second kappa shape index (κ2) is 11.1. The molecule has 168 valence electrons. The van der Waals surface area contributed by atoms with Crippen molar-refractivity contribution in [3.63, 3.8) is 0 Å². The Morgan fingerprint density at radius 3 is 2.38 bits per heavy atom. The summed E-state index contributed by atoms with van der Waals surface area (Å²) in [5.41, 5.74) is 3.10. The number of hydrogen-bond acceptors (Lipinski definition) is 7. The predicted octanol–water partition coefficient (Wildman–Crippen LogP) is 2.08. The van der Waals surface area contributed by atoms with Crippen LogP contribution in [-0.2, 0) is 16.0 Å². The lowest BCUT2D eigenvalue weighted by Gasteiger charge is -2.22. The van der Waals surface area contributed by atoms with Gasteiger partial charge in [0, 0.05) is 6.04 Å². The van der Waals surface area contributed by atoms with E-state index in [2.05, 4.69) is 20.5 Å². The smallest absolute Gasteiger partial charge is 0.333 e. The van der Waals surface area contributed by atoms with E-state index in [1.807, 2.05) is 54.6 Å². The fourth-order valence-corrected chi connectivity index (χ4v) is 3.40. The second-order valence-electron chi connectivity index (χ2n) is 7.29. The second-order valence-corrected chi connectivity index (χ2v) is 7.29. The number of rotatable bonds is 10. The molecule has 3 aromatic rings. The van der Waals surface area contributed by atoms with Crippen LogP contribution in [0.25, 0.3) is 11.1 Å².